The summed E-state index contributed by atoms with van der Waals surface area (Å²) in [6.07, 6.45) is 0.538. The lowest BCUT2D eigenvalue weighted by molar-refractivity contribution is -0.357. The Labute approximate surface area is 249 Å². The van der Waals surface area contributed by atoms with E-state index < -0.39 is 34.7 Å². The molecule has 0 aromatic heterocycles. The summed E-state index contributed by atoms with van der Waals surface area (Å²) in [6.45, 7) is 11.1. The summed E-state index contributed by atoms with van der Waals surface area (Å²) in [6, 6.07) is 0.0835. The highest BCUT2D eigenvalue weighted by Crippen LogP contribution is 2.76. The molecule has 2 heterocycles. The van der Waals surface area contributed by atoms with Gasteiger partial charge in [0.1, 0.15) is 6.10 Å². The molecule has 2 aliphatic heterocycles. The number of hydrogen-bond acceptors (Lipinski definition) is 10. The minimum atomic E-state index is -1.15. The molecule has 2 saturated heterocycles. The van der Waals surface area contributed by atoms with Gasteiger partial charge in [-0.1, -0.05) is 13.8 Å². The molecule has 42 heavy (non-hydrogen) atoms. The molecule has 3 saturated carbocycles. The Hall–Kier alpha value is -1.60. The van der Waals surface area contributed by atoms with Crippen LogP contribution in [-0.2, 0) is 28.5 Å². The van der Waals surface area contributed by atoms with Crippen molar-refractivity contribution in [1.29, 1.82) is 0 Å². The quantitative estimate of drug-likeness (QED) is 0.213. The Kier molecular flexibility index (Phi) is 8.63. The number of carbonyl (C=O) groups is 2. The molecular weight excluding hydrogens is 542 g/mol. The molecule has 4 unspecified atom stereocenters. The Morgan fingerprint density at radius 1 is 1.14 bits per heavy atom. The monoisotopic (exact) mass is 593 g/mol. The number of ether oxygens (including phenoxy) is 4. The zero-order valence-corrected chi connectivity index (χ0v) is 26.4. The Morgan fingerprint density at radius 2 is 1.86 bits per heavy atom. The van der Waals surface area contributed by atoms with Gasteiger partial charge in [0.2, 0.25) is 5.91 Å². The lowest BCUT2D eigenvalue weighted by Crippen LogP contribution is -2.87. The minimum absolute atomic E-state index is 0.00863. The number of fused-ring (bicyclic) bond motifs is 2. The molecule has 1 amide bonds. The maximum atomic E-state index is 13.6. The molecule has 4 bridgehead atoms. The van der Waals surface area contributed by atoms with Crippen LogP contribution in [-0.4, -0.2) is 116 Å². The molecule has 0 radical (unpaired) electrons. The van der Waals surface area contributed by atoms with Crippen LogP contribution in [0.15, 0.2) is 11.3 Å². The van der Waals surface area contributed by atoms with E-state index in [1.807, 2.05) is 0 Å². The van der Waals surface area contributed by atoms with Gasteiger partial charge < -0.3 is 39.8 Å². The third-order valence-corrected chi connectivity index (χ3v) is 12.1. The number of rotatable bonds is 10. The zero-order valence-electron chi connectivity index (χ0n) is 26.4. The number of esters is 1. The number of aliphatic hydroxyl groups excluding tert-OH is 1. The van der Waals surface area contributed by atoms with Gasteiger partial charge in [0.25, 0.3) is 0 Å². The molecule has 5 aliphatic rings. The zero-order chi connectivity index (χ0) is 30.8. The summed E-state index contributed by atoms with van der Waals surface area (Å²) in [5.41, 5.74) is -1.52. The number of allylic oxidation sites excluding steroid dienone is 1. The summed E-state index contributed by atoms with van der Waals surface area (Å²) >= 11 is 0. The van der Waals surface area contributed by atoms with Gasteiger partial charge in [-0.05, 0) is 58.0 Å². The van der Waals surface area contributed by atoms with Gasteiger partial charge in [-0.25, -0.2) is 4.79 Å². The third-order valence-electron chi connectivity index (χ3n) is 12.1. The van der Waals surface area contributed by atoms with Gasteiger partial charge in [-0.3, -0.25) is 9.69 Å². The van der Waals surface area contributed by atoms with Crippen LogP contribution in [0.4, 0.5) is 0 Å². The number of likely N-dealkylation sites (N-methyl/N-ethyl adjacent to an activating group) is 1. The van der Waals surface area contributed by atoms with E-state index >= 15 is 0 Å². The first-order valence-electron chi connectivity index (χ1n) is 15.5. The van der Waals surface area contributed by atoms with Crippen LogP contribution in [0.2, 0.25) is 0 Å². The van der Waals surface area contributed by atoms with Crippen molar-refractivity contribution in [2.24, 2.45) is 29.1 Å². The van der Waals surface area contributed by atoms with Crippen LogP contribution in [0.5, 0.6) is 0 Å². The highest BCUT2D eigenvalue weighted by atomic mass is 16.5. The number of amides is 1. The van der Waals surface area contributed by atoms with E-state index in [4.69, 9.17) is 18.9 Å². The van der Waals surface area contributed by atoms with Crippen LogP contribution in [0.3, 0.4) is 0 Å². The van der Waals surface area contributed by atoms with Crippen molar-refractivity contribution in [2.45, 2.75) is 95.5 Å². The fourth-order valence-electron chi connectivity index (χ4n) is 10.8. The van der Waals surface area contributed by atoms with Crippen LogP contribution < -0.4 is 10.6 Å². The Morgan fingerprint density at radius 3 is 2.43 bits per heavy atom. The van der Waals surface area contributed by atoms with E-state index in [0.717, 1.165) is 13.0 Å². The number of hydrogen-bond donors (Lipinski definition) is 4. The average molecular weight is 594 g/mol. The smallest absolute Gasteiger partial charge is 0.335 e. The first-order valence-corrected chi connectivity index (χ1v) is 15.5. The second-order valence-electron chi connectivity index (χ2n) is 13.2. The summed E-state index contributed by atoms with van der Waals surface area (Å²) in [7, 11) is 5.07. The number of carbonyl (C=O) groups excluding carboxylic acids is 2. The average Bonchev–Trinajstić information content (AvgIpc) is 3.16. The molecule has 5 fully saturated rings. The molecular formula is C31H51N3O8. The summed E-state index contributed by atoms with van der Waals surface area (Å²) in [4.78, 5) is 27.7. The molecule has 0 aromatic rings. The summed E-state index contributed by atoms with van der Waals surface area (Å²) in [5.74, 6) is -1.13. The van der Waals surface area contributed by atoms with E-state index in [1.165, 1.54) is 6.92 Å². The van der Waals surface area contributed by atoms with Crippen molar-refractivity contribution in [3.05, 3.63) is 11.3 Å². The van der Waals surface area contributed by atoms with Gasteiger partial charge in [-0.15, -0.1) is 0 Å². The lowest BCUT2D eigenvalue weighted by Gasteiger charge is -2.74. The van der Waals surface area contributed by atoms with Gasteiger partial charge in [0, 0.05) is 70.4 Å². The number of nitrogens with one attached hydrogen (secondary N) is 2. The van der Waals surface area contributed by atoms with Crippen molar-refractivity contribution in [3.8, 4) is 0 Å². The standard InChI is InChI=1S/C31H51N3O8/c1-9-34-15-23(42-28(37)16(2)17(3)33-19(5)36)29-14-20-25-24(21(39-6)11-13-35)27(41-8)31(25,38)18(4)30(29,26(20)34)22(40-7)10-12-32-29/h18,20-27,32,35,38H,9-15H2,1-8H3,(H,33,36)/b17-16-/t18-,20?,21-,22-,23+,24?,25-,26?,27-,29-,30?,31+/m0/s1. The highest BCUT2D eigenvalue weighted by Gasteiger charge is 2.87. The lowest BCUT2D eigenvalue weighted by atomic mass is 9.38. The SMILES string of the molecule is CCN1C[C@@H](OC(=O)/C(C)=C(/C)NC(C)=O)[C@@]23CC4C1C2([C@@H](OC)CCN3)[C@H](C)[C@@]1(O)[C@@H]4C([C@H](CCO)OC)[C@@H]1OC. The topological polar surface area (TPSA) is 139 Å². The first-order chi connectivity index (χ1) is 20.0. The van der Waals surface area contributed by atoms with Gasteiger partial charge >= 0.3 is 5.97 Å². The number of likely N-dealkylation sites (tertiary alicyclic amines) is 1. The Bertz CT molecular complexity index is 1100. The second-order valence-corrected chi connectivity index (χ2v) is 13.2. The fourth-order valence-corrected chi connectivity index (χ4v) is 10.8. The molecule has 0 aromatic carbocycles. The van der Waals surface area contributed by atoms with E-state index in [1.54, 1.807) is 35.2 Å². The number of methoxy groups -OCH3 is 3. The van der Waals surface area contributed by atoms with E-state index in [0.29, 0.717) is 37.2 Å². The molecule has 3 aliphatic carbocycles. The van der Waals surface area contributed by atoms with Crippen molar-refractivity contribution >= 4 is 11.9 Å². The van der Waals surface area contributed by atoms with Crippen molar-refractivity contribution in [1.82, 2.24) is 15.5 Å². The highest BCUT2D eigenvalue weighted by molar-refractivity contribution is 5.90. The normalized spacial score (nSPS) is 45.2. The molecule has 11 heteroatoms. The second kappa shape index (κ2) is 11.4. The third kappa shape index (κ3) is 3.96. The van der Waals surface area contributed by atoms with E-state index in [2.05, 4.69) is 29.4 Å². The maximum absolute atomic E-state index is 13.6. The number of piperidine rings is 2. The first kappa shape index (κ1) is 31.8. The van der Waals surface area contributed by atoms with Crippen LogP contribution in [0.1, 0.15) is 53.9 Å². The van der Waals surface area contributed by atoms with Crippen molar-refractivity contribution in [2.75, 3.05) is 47.6 Å². The molecule has 12 atom stereocenters. The molecule has 4 N–H and O–H groups in total. The predicted molar refractivity (Wildman–Crippen MR) is 154 cm³/mol. The van der Waals surface area contributed by atoms with E-state index in [-0.39, 0.29) is 54.4 Å². The summed E-state index contributed by atoms with van der Waals surface area (Å²) < 4.78 is 24.8. The van der Waals surface area contributed by atoms with Gasteiger partial charge in [0.05, 0.1) is 35.0 Å². The minimum Gasteiger partial charge on any atom is -0.456 e. The van der Waals surface area contributed by atoms with Crippen LogP contribution >= 0.6 is 0 Å². The van der Waals surface area contributed by atoms with Crippen molar-refractivity contribution in [3.63, 3.8) is 0 Å². The van der Waals surface area contributed by atoms with Gasteiger partial charge in [-0.2, -0.15) is 0 Å². The van der Waals surface area contributed by atoms with Crippen molar-refractivity contribution < 1.29 is 38.7 Å². The summed E-state index contributed by atoms with van der Waals surface area (Å²) in [5, 5.41) is 29.3. The van der Waals surface area contributed by atoms with Gasteiger partial charge in [0.15, 0.2) is 0 Å². The predicted octanol–water partition coefficient (Wildman–Crippen LogP) is 0.825. The number of nitrogens with zero attached hydrogens (tertiary/aromatic N) is 1. The molecule has 1 spiro atoms. The maximum Gasteiger partial charge on any atom is 0.335 e. The Balaban J connectivity index is 1.65. The van der Waals surface area contributed by atoms with Crippen LogP contribution in [0.25, 0.3) is 0 Å². The van der Waals surface area contributed by atoms with Crippen LogP contribution in [0, 0.1) is 29.1 Å². The fraction of sp³-hybridized carbons (Fsp3) is 0.871. The number of aliphatic hydroxyl groups is 2. The molecule has 5 rings (SSSR count). The molecule has 238 valence electrons. The van der Waals surface area contributed by atoms with E-state index in [9.17, 15) is 19.8 Å². The largest absolute Gasteiger partial charge is 0.456 e. The molecule has 11 nitrogen and oxygen atoms in total.